The van der Waals surface area contributed by atoms with Gasteiger partial charge in [0.15, 0.2) is 5.65 Å². The van der Waals surface area contributed by atoms with Crippen LogP contribution in [0.4, 0.5) is 5.82 Å². The van der Waals surface area contributed by atoms with Gasteiger partial charge in [0.25, 0.3) is 5.91 Å². The summed E-state index contributed by atoms with van der Waals surface area (Å²) in [6, 6.07) is 15.1. The Morgan fingerprint density at radius 2 is 1.57 bits per heavy atom. The minimum Gasteiger partial charge on any atom is -0.489 e. The molecule has 5 amide bonds. The van der Waals surface area contributed by atoms with Crippen LogP contribution in [-0.4, -0.2) is 177 Å². The number of hydrogen-bond donors (Lipinski definition) is 6. The molecular formula is C56H83N11O10. The van der Waals surface area contributed by atoms with Crippen molar-refractivity contribution in [1.29, 1.82) is 0 Å². The highest BCUT2D eigenvalue weighted by Gasteiger charge is 2.45. The van der Waals surface area contributed by atoms with E-state index < -0.39 is 23.5 Å². The fraction of sp³-hybridized carbons (Fsp3) is 0.589. The lowest BCUT2D eigenvalue weighted by molar-refractivity contribution is -0.144. The van der Waals surface area contributed by atoms with E-state index in [2.05, 4.69) is 43.1 Å². The number of nitrogens with zero attached hydrogens (tertiary/aromatic N) is 5. The average molecular weight is 1070 g/mol. The SMILES string of the molecule is CC[C@@H](NC(=O)[C@@H]1C[C@H](NCCOCCOCCOCCOCCC(=O)NCCN2C[C@H](C)Oc3ccc(C)cc3[C@@H](C)Nc3ccn4ncc(c4n3)C2=O)CN1C(=O)[C@@H](NC(=O)[C@H](C)NC)C(C)(C)C)c1ccccc1. The number of amides is 5. The third kappa shape index (κ3) is 17.6. The van der Waals surface area contributed by atoms with Crippen LogP contribution >= 0.6 is 0 Å². The molecule has 0 aliphatic carbocycles. The molecule has 0 unspecified atom stereocenters. The predicted molar refractivity (Wildman–Crippen MR) is 293 cm³/mol. The van der Waals surface area contributed by atoms with E-state index in [1.54, 1.807) is 34.5 Å². The summed E-state index contributed by atoms with van der Waals surface area (Å²) >= 11 is 0. The molecule has 21 nitrogen and oxygen atoms in total. The van der Waals surface area contributed by atoms with Crippen LogP contribution in [-0.2, 0) is 38.1 Å². The molecule has 4 heterocycles. The van der Waals surface area contributed by atoms with E-state index in [0.29, 0.717) is 89.2 Å². The second kappa shape index (κ2) is 29.5. The predicted octanol–water partition coefficient (Wildman–Crippen LogP) is 3.97. The monoisotopic (exact) mass is 1070 g/mol. The van der Waals surface area contributed by atoms with Crippen LogP contribution in [0.3, 0.4) is 0 Å². The molecule has 2 bridgehead atoms. The highest BCUT2D eigenvalue weighted by molar-refractivity contribution is 6.00. The van der Waals surface area contributed by atoms with Crippen LogP contribution in [0, 0.1) is 12.3 Å². The van der Waals surface area contributed by atoms with Crippen molar-refractivity contribution < 1.29 is 47.7 Å². The summed E-state index contributed by atoms with van der Waals surface area (Å²) < 4.78 is 30.8. The Morgan fingerprint density at radius 1 is 0.883 bits per heavy atom. The number of aromatic nitrogens is 3. The van der Waals surface area contributed by atoms with Crippen molar-refractivity contribution in [3.63, 3.8) is 0 Å². The van der Waals surface area contributed by atoms with Crippen molar-refractivity contribution in [2.45, 2.75) is 117 Å². The number of anilines is 1. The summed E-state index contributed by atoms with van der Waals surface area (Å²) in [6.45, 7) is 19.7. The summed E-state index contributed by atoms with van der Waals surface area (Å²) in [6.07, 6.45) is 4.17. The van der Waals surface area contributed by atoms with E-state index in [1.807, 2.05) is 97.0 Å². The van der Waals surface area contributed by atoms with Gasteiger partial charge < -0.3 is 65.4 Å². The molecule has 77 heavy (non-hydrogen) atoms. The largest absolute Gasteiger partial charge is 0.489 e. The number of carbonyl (C=O) groups is 5. The van der Waals surface area contributed by atoms with Crippen LogP contribution in [0.15, 0.2) is 67.0 Å². The minimum atomic E-state index is -0.848. The zero-order valence-electron chi connectivity index (χ0n) is 46.5. The van der Waals surface area contributed by atoms with Gasteiger partial charge in [-0.25, -0.2) is 9.50 Å². The number of hydrogen-bond acceptors (Lipinski definition) is 15. The van der Waals surface area contributed by atoms with Crippen molar-refractivity contribution in [3.8, 4) is 5.75 Å². The number of aryl methyl sites for hydroxylation is 1. The number of rotatable bonds is 27. The van der Waals surface area contributed by atoms with Gasteiger partial charge in [-0.2, -0.15) is 5.10 Å². The molecule has 1 fully saturated rings. The maximum atomic E-state index is 14.3. The van der Waals surface area contributed by atoms with Crippen molar-refractivity contribution in [2.75, 3.05) is 97.9 Å². The Labute approximate surface area is 453 Å². The van der Waals surface area contributed by atoms with E-state index in [9.17, 15) is 24.0 Å². The van der Waals surface area contributed by atoms with E-state index in [-0.39, 0.29) is 86.4 Å². The van der Waals surface area contributed by atoms with Gasteiger partial charge in [0.2, 0.25) is 23.6 Å². The van der Waals surface area contributed by atoms with Crippen LogP contribution in [0.1, 0.15) is 107 Å². The summed E-state index contributed by atoms with van der Waals surface area (Å²) in [7, 11) is 1.69. The fourth-order valence-electron chi connectivity index (χ4n) is 9.27. The second-order valence-electron chi connectivity index (χ2n) is 20.9. The van der Waals surface area contributed by atoms with E-state index in [1.165, 1.54) is 6.20 Å². The summed E-state index contributed by atoms with van der Waals surface area (Å²) in [4.78, 5) is 76.1. The van der Waals surface area contributed by atoms with Gasteiger partial charge >= 0.3 is 0 Å². The van der Waals surface area contributed by atoms with Crippen molar-refractivity contribution in [2.24, 2.45) is 5.41 Å². The third-order valence-corrected chi connectivity index (χ3v) is 13.7. The molecular weight excluding hydrogens is 987 g/mol. The molecule has 21 heteroatoms. The lowest BCUT2D eigenvalue weighted by Gasteiger charge is -2.36. The molecule has 2 aliphatic rings. The van der Waals surface area contributed by atoms with E-state index in [0.717, 1.165) is 22.4 Å². The number of fused-ring (bicyclic) bond motifs is 2. The molecule has 2 aliphatic heterocycles. The Hall–Kier alpha value is -6.23. The zero-order chi connectivity index (χ0) is 55.5. The number of carbonyl (C=O) groups excluding carboxylic acids is 5. The molecule has 1 saturated heterocycles. The molecule has 0 spiro atoms. The van der Waals surface area contributed by atoms with E-state index >= 15 is 0 Å². The Kier molecular flexibility index (Phi) is 23.0. The standard InChI is InChI=1S/C56H83N11O10/c1-10-45(41-14-12-11-13-15-41)62-53(70)46-33-42(36-66(46)55(72)50(56(6,7)8)64-52(69)40(5)57-9)58-21-25-74-27-29-76-31-30-75-28-26-73-24-19-49(68)59-20-23-65-35-38(3)77-47-17-16-37(2)32-43(47)39(4)61-48-18-22-67-51(63-48)44(34-60-67)54(65)71/h11-18,22,32,34,38-40,42,45-46,50,57-58H,10,19-21,23-31,33,35-36H2,1-9H3,(H,59,68)(H,61,63)(H,62,70)(H,64,69)/t38-,39+,40-,42-,45+,46-,50+/m0/s1. The zero-order valence-corrected chi connectivity index (χ0v) is 46.5. The third-order valence-electron chi connectivity index (χ3n) is 13.7. The van der Waals surface area contributed by atoms with Crippen LogP contribution in [0.25, 0.3) is 5.65 Å². The highest BCUT2D eigenvalue weighted by atomic mass is 16.6. The molecule has 0 saturated carbocycles. The number of nitrogens with one attached hydrogen (secondary N) is 6. The first-order valence-electron chi connectivity index (χ1n) is 27.1. The van der Waals surface area contributed by atoms with Gasteiger partial charge in [-0.15, -0.1) is 0 Å². The summed E-state index contributed by atoms with van der Waals surface area (Å²) in [5.41, 5.74) is 3.24. The van der Waals surface area contributed by atoms with Crippen molar-refractivity contribution >= 4 is 41.0 Å². The Bertz CT molecular complexity index is 2540. The lowest BCUT2D eigenvalue weighted by Crippen LogP contribution is -2.59. The number of likely N-dealkylation sites (tertiary alicyclic amines) is 1. The van der Waals surface area contributed by atoms with Gasteiger partial charge in [0.05, 0.1) is 83.7 Å². The molecule has 2 aromatic heterocycles. The maximum Gasteiger partial charge on any atom is 0.259 e. The minimum absolute atomic E-state index is 0.124. The van der Waals surface area contributed by atoms with Gasteiger partial charge in [0.1, 0.15) is 35.3 Å². The van der Waals surface area contributed by atoms with Crippen LogP contribution in [0.5, 0.6) is 5.75 Å². The number of benzene rings is 2. The maximum absolute atomic E-state index is 14.3. The summed E-state index contributed by atoms with van der Waals surface area (Å²) in [5.74, 6) is 0.0410. The molecule has 422 valence electrons. The Morgan fingerprint density at radius 3 is 2.25 bits per heavy atom. The molecule has 4 aromatic rings. The normalized spacial score (nSPS) is 19.0. The van der Waals surface area contributed by atoms with Crippen molar-refractivity contribution in [3.05, 3.63) is 89.2 Å². The van der Waals surface area contributed by atoms with E-state index in [4.69, 9.17) is 28.7 Å². The second-order valence-corrected chi connectivity index (χ2v) is 20.9. The smallest absolute Gasteiger partial charge is 0.259 e. The lowest BCUT2D eigenvalue weighted by atomic mass is 9.85. The van der Waals surface area contributed by atoms with Gasteiger partial charge in [-0.05, 0) is 70.7 Å². The first-order chi connectivity index (χ1) is 37.0. The first kappa shape index (κ1) is 60.0. The van der Waals surface area contributed by atoms with Gasteiger partial charge in [-0.3, -0.25) is 24.0 Å². The number of ether oxygens (including phenoxy) is 5. The van der Waals surface area contributed by atoms with Crippen molar-refractivity contribution in [1.82, 2.24) is 51.0 Å². The molecule has 0 radical (unpaired) electrons. The molecule has 6 N–H and O–H groups in total. The quantitative estimate of drug-likeness (QED) is 0.0464. The molecule has 7 atom stereocenters. The topological polar surface area (TPSA) is 240 Å². The number of likely N-dealkylation sites (N-methyl/N-ethyl adjacent to an activating group) is 1. The highest BCUT2D eigenvalue weighted by Crippen LogP contribution is 2.31. The Balaban J connectivity index is 0.843. The van der Waals surface area contributed by atoms with Crippen LogP contribution < -0.4 is 36.6 Å². The fourth-order valence-corrected chi connectivity index (χ4v) is 9.27. The summed E-state index contributed by atoms with van der Waals surface area (Å²) in [5, 5.41) is 23.3. The van der Waals surface area contributed by atoms with Gasteiger partial charge in [0, 0.05) is 50.4 Å². The first-order valence-corrected chi connectivity index (χ1v) is 27.1. The molecule has 2 aromatic carbocycles. The molecule has 6 rings (SSSR count). The van der Waals surface area contributed by atoms with Gasteiger partial charge in [-0.1, -0.05) is 75.7 Å². The van der Waals surface area contributed by atoms with Crippen LogP contribution in [0.2, 0.25) is 0 Å². The average Bonchev–Trinajstić information content (AvgIpc) is 4.05.